The maximum atomic E-state index is 10.6. The number of carbonyl (C=O) groups is 2. The summed E-state index contributed by atoms with van der Waals surface area (Å²) >= 11 is 0. The van der Waals surface area contributed by atoms with Crippen molar-refractivity contribution in [2.45, 2.75) is 6.42 Å². The Morgan fingerprint density at radius 2 is 2.20 bits per heavy atom. The molecule has 0 aromatic heterocycles. The summed E-state index contributed by atoms with van der Waals surface area (Å²) < 4.78 is 0. The summed E-state index contributed by atoms with van der Waals surface area (Å²) in [6.07, 6.45) is 1.44. The first kappa shape index (κ1) is 10.0. The molecule has 0 N–H and O–H groups in total. The fourth-order valence-electron chi connectivity index (χ4n) is 0.655. The average Bonchev–Trinajstić information content (AvgIpc) is 2.12. The number of carbonyl (C=O) groups excluding carboxylic acids is 2. The maximum absolute atomic E-state index is 10.6. The summed E-state index contributed by atoms with van der Waals surface area (Å²) in [5.41, 5.74) is 0. The van der Waals surface area contributed by atoms with Crippen LogP contribution in [0.3, 0.4) is 0 Å². The topological polar surface area (TPSA) is 46.6 Å². The van der Waals surface area contributed by atoms with E-state index in [1.807, 2.05) is 0 Å². The van der Waals surface area contributed by atoms with Gasteiger partial charge in [0.05, 0.1) is 7.11 Å². The van der Waals surface area contributed by atoms with Crippen molar-refractivity contribution in [3.63, 3.8) is 0 Å². The van der Waals surface area contributed by atoms with Gasteiger partial charge in [-0.1, -0.05) is 6.42 Å². The van der Waals surface area contributed by atoms with Gasteiger partial charge in [-0.2, -0.15) is 5.06 Å². The van der Waals surface area contributed by atoms with E-state index >= 15 is 0 Å². The van der Waals surface area contributed by atoms with Crippen LogP contribution >= 0.6 is 0 Å². The van der Waals surface area contributed by atoms with Crippen molar-refractivity contribution in [1.82, 2.24) is 5.06 Å². The monoisotopic (exact) mass is 366 g/mol. The largest absolute Gasteiger partial charge is 2.00 e. The number of imide groups is 1. The number of hydrogen-bond donors (Lipinski definition) is 0. The van der Waals surface area contributed by atoms with Gasteiger partial charge in [-0.25, -0.2) is 0 Å². The summed E-state index contributed by atoms with van der Waals surface area (Å²) in [7, 11) is 1.29. The normalized spacial score (nSPS) is 16.7. The van der Waals surface area contributed by atoms with E-state index in [0.717, 1.165) is 5.06 Å². The van der Waals surface area contributed by atoms with Crippen LogP contribution in [0.4, 0.5) is 0 Å². The molecule has 0 aromatic rings. The first-order valence-corrected chi connectivity index (χ1v) is 2.50. The summed E-state index contributed by atoms with van der Waals surface area (Å²) in [6.45, 7) is 0. The van der Waals surface area contributed by atoms with Crippen LogP contribution in [-0.4, -0.2) is 24.0 Å². The molecule has 1 saturated heterocycles. The minimum Gasteiger partial charge on any atom is -0.308 e. The molecule has 0 aliphatic carbocycles. The summed E-state index contributed by atoms with van der Waals surface area (Å²) in [4.78, 5) is 25.5. The van der Waals surface area contributed by atoms with Gasteiger partial charge in [0.2, 0.25) is 5.91 Å². The molecule has 5 heteroatoms. The van der Waals surface area contributed by atoms with E-state index in [4.69, 9.17) is 0 Å². The molecule has 0 atom stereocenters. The Bertz CT molecular complexity index is 143. The molecule has 1 fully saturated rings. The zero-order valence-electron chi connectivity index (χ0n) is 5.46. The van der Waals surface area contributed by atoms with Crippen LogP contribution < -0.4 is 0 Å². The van der Waals surface area contributed by atoms with Gasteiger partial charge in [-0.15, -0.1) is 0 Å². The van der Waals surface area contributed by atoms with Crippen molar-refractivity contribution in [1.29, 1.82) is 0 Å². The molecular weight excluding hydrogens is 360 g/mol. The predicted molar refractivity (Wildman–Crippen MR) is 27.8 cm³/mol. The van der Waals surface area contributed by atoms with Crippen LogP contribution in [-0.2, 0) is 14.4 Å². The second-order valence-corrected chi connectivity index (χ2v) is 1.62. The molecule has 1 aliphatic heterocycles. The van der Waals surface area contributed by atoms with E-state index in [9.17, 15) is 9.59 Å². The molecule has 1 heterocycles. The van der Waals surface area contributed by atoms with Crippen LogP contribution in [0.25, 0.3) is 0 Å². The van der Waals surface area contributed by atoms with E-state index in [-0.39, 0.29) is 49.3 Å². The van der Waals surface area contributed by atoms with Crippen molar-refractivity contribution in [2.75, 3.05) is 7.11 Å². The molecule has 10 heavy (non-hydrogen) atoms. The van der Waals surface area contributed by atoms with Crippen LogP contribution in [0.5, 0.6) is 0 Å². The van der Waals surface area contributed by atoms with Crippen molar-refractivity contribution in [3.05, 3.63) is 6.42 Å². The molecule has 2 amide bonds. The fourth-order valence-corrected chi connectivity index (χ4v) is 0.655. The van der Waals surface area contributed by atoms with Gasteiger partial charge in [0.1, 0.15) is 5.91 Å². The van der Waals surface area contributed by atoms with E-state index in [2.05, 4.69) is 4.84 Å². The van der Waals surface area contributed by atoms with Gasteiger partial charge in [-0.05, 0) is 0 Å². The number of hydrogen-bond acceptors (Lipinski definition) is 3. The maximum Gasteiger partial charge on any atom is 2.00 e. The second-order valence-electron chi connectivity index (χ2n) is 1.62. The number of amides is 2. The van der Waals surface area contributed by atoms with Gasteiger partial charge in [0.25, 0.3) is 0 Å². The van der Waals surface area contributed by atoms with Crippen LogP contribution in [0.1, 0.15) is 6.42 Å². The van der Waals surface area contributed by atoms with Gasteiger partial charge in [-0.3, -0.25) is 16.1 Å². The molecule has 0 spiro atoms. The van der Waals surface area contributed by atoms with Crippen molar-refractivity contribution < 1.29 is 45.5 Å². The zero-order chi connectivity index (χ0) is 6.85. The SMILES string of the molecule is CON1C(=O)[CH-]CC1=O.[U+2]. The number of nitrogens with zero attached hydrogens (tertiary/aromatic N) is 1. The first-order valence-electron chi connectivity index (χ1n) is 2.50. The molecule has 0 aromatic carbocycles. The van der Waals surface area contributed by atoms with Crippen molar-refractivity contribution >= 4 is 11.8 Å². The van der Waals surface area contributed by atoms with Gasteiger partial charge < -0.3 is 4.79 Å². The molecule has 52 valence electrons. The van der Waals surface area contributed by atoms with E-state index < -0.39 is 0 Å². The van der Waals surface area contributed by atoms with Crippen molar-refractivity contribution in [2.24, 2.45) is 0 Å². The summed E-state index contributed by atoms with van der Waals surface area (Å²) in [5.74, 6) is -0.676. The Hall–Kier alpha value is 0.0219. The third-order valence-corrected chi connectivity index (χ3v) is 1.06. The van der Waals surface area contributed by atoms with E-state index in [1.54, 1.807) is 0 Å². The van der Waals surface area contributed by atoms with Gasteiger partial charge in [0, 0.05) is 0 Å². The molecule has 0 radical (unpaired) electrons. The molecule has 1 rings (SSSR count). The Balaban J connectivity index is 0.000000810. The Morgan fingerprint density at radius 3 is 2.40 bits per heavy atom. The second kappa shape index (κ2) is 4.02. The van der Waals surface area contributed by atoms with Crippen LogP contribution in [0.2, 0.25) is 0 Å². The van der Waals surface area contributed by atoms with Crippen molar-refractivity contribution in [3.8, 4) is 0 Å². The molecular formula is C5H6NO3U+. The Labute approximate surface area is 82.2 Å². The average molecular weight is 366 g/mol. The Morgan fingerprint density at radius 1 is 1.60 bits per heavy atom. The van der Waals surface area contributed by atoms with Gasteiger partial charge >= 0.3 is 31.1 Å². The molecule has 4 nitrogen and oxygen atoms in total. The minimum atomic E-state index is -0.373. The molecule has 0 bridgehead atoms. The van der Waals surface area contributed by atoms with Gasteiger partial charge in [0.15, 0.2) is 0 Å². The zero-order valence-corrected chi connectivity index (χ0v) is 9.62. The standard InChI is InChI=1S/C5H6NO3.U/c1-9-6-4(7)2-3-5(6)8;/h2H,3H2,1H3;/q-1;+2. The van der Waals surface area contributed by atoms with Crippen LogP contribution in [0.15, 0.2) is 0 Å². The third-order valence-electron chi connectivity index (χ3n) is 1.06. The molecule has 0 unspecified atom stereocenters. The minimum absolute atomic E-state index is 0. The summed E-state index contributed by atoms with van der Waals surface area (Å²) in [6, 6.07) is 0. The molecule has 0 saturated carbocycles. The number of hydroxylamine groups is 2. The summed E-state index contributed by atoms with van der Waals surface area (Å²) in [5, 5.41) is 0.736. The van der Waals surface area contributed by atoms with E-state index in [1.165, 1.54) is 13.5 Å². The smallest absolute Gasteiger partial charge is 0.308 e. The fraction of sp³-hybridized carbons (Fsp3) is 0.400. The van der Waals surface area contributed by atoms with E-state index in [0.29, 0.717) is 0 Å². The molecule has 1 aliphatic rings. The van der Waals surface area contributed by atoms with Crippen LogP contribution in [0, 0.1) is 37.5 Å². The number of rotatable bonds is 1. The Kier molecular flexibility index (Phi) is 4.03. The predicted octanol–water partition coefficient (Wildman–Crippen LogP) is -0.489. The third kappa shape index (κ3) is 1.75. The first-order chi connectivity index (χ1) is 4.25. The quantitative estimate of drug-likeness (QED) is 0.465.